The summed E-state index contributed by atoms with van der Waals surface area (Å²) in [4.78, 5) is 12.3. The van der Waals surface area contributed by atoms with E-state index in [1.807, 2.05) is 24.3 Å². The molecule has 0 saturated carbocycles. The highest BCUT2D eigenvalue weighted by Crippen LogP contribution is 2.18. The first kappa shape index (κ1) is 20.7. The summed E-state index contributed by atoms with van der Waals surface area (Å²) in [6.45, 7) is 2.91. The van der Waals surface area contributed by atoms with Crippen LogP contribution in [0.1, 0.15) is 43.0 Å². The Morgan fingerprint density at radius 3 is 2.48 bits per heavy atom. The summed E-state index contributed by atoms with van der Waals surface area (Å²) in [5, 5.41) is 5.87. The van der Waals surface area contributed by atoms with Gasteiger partial charge in [-0.2, -0.15) is 0 Å². The van der Waals surface area contributed by atoms with Crippen LogP contribution in [-0.2, 0) is 0 Å². The van der Waals surface area contributed by atoms with E-state index in [0.29, 0.717) is 11.3 Å². The Labute approximate surface area is 166 Å². The standard InChI is InChI=1S/C21H26N2O3S/c1-3-4-5-8-15-26-17-13-11-16(12-14-17)22-21(27)23-20(24)18-9-6-7-10-19(18)25-2/h6-7,9-14H,3-5,8,15H2,1-2H3,(H2,22,23,24,27). The number of unbranched alkanes of at least 4 members (excludes halogenated alkanes) is 3. The second-order valence-corrected chi connectivity index (χ2v) is 6.45. The van der Waals surface area contributed by atoms with Crippen molar-refractivity contribution in [2.24, 2.45) is 0 Å². The third-order valence-electron chi connectivity index (χ3n) is 3.96. The van der Waals surface area contributed by atoms with E-state index < -0.39 is 0 Å². The van der Waals surface area contributed by atoms with Crippen molar-refractivity contribution < 1.29 is 14.3 Å². The summed E-state index contributed by atoms with van der Waals surface area (Å²) in [7, 11) is 1.52. The van der Waals surface area contributed by atoms with E-state index >= 15 is 0 Å². The summed E-state index contributed by atoms with van der Waals surface area (Å²) in [6.07, 6.45) is 4.71. The van der Waals surface area contributed by atoms with Crippen molar-refractivity contribution in [1.29, 1.82) is 0 Å². The number of nitrogens with one attached hydrogen (secondary N) is 2. The van der Waals surface area contributed by atoms with Gasteiger partial charge in [0.05, 0.1) is 19.3 Å². The molecule has 0 aromatic heterocycles. The lowest BCUT2D eigenvalue weighted by atomic mass is 10.2. The van der Waals surface area contributed by atoms with Crippen molar-refractivity contribution in [1.82, 2.24) is 5.32 Å². The molecule has 2 rings (SSSR count). The van der Waals surface area contributed by atoms with Crippen LogP contribution in [0.4, 0.5) is 5.69 Å². The van der Waals surface area contributed by atoms with Crippen LogP contribution < -0.4 is 20.1 Å². The van der Waals surface area contributed by atoms with E-state index in [2.05, 4.69) is 17.6 Å². The molecule has 6 heteroatoms. The van der Waals surface area contributed by atoms with Gasteiger partial charge in [0.15, 0.2) is 5.11 Å². The number of carbonyl (C=O) groups excluding carboxylic acids is 1. The molecule has 0 bridgehead atoms. The number of para-hydroxylation sites is 1. The van der Waals surface area contributed by atoms with Crippen LogP contribution in [0.25, 0.3) is 0 Å². The van der Waals surface area contributed by atoms with Crippen LogP contribution >= 0.6 is 12.2 Å². The van der Waals surface area contributed by atoms with Gasteiger partial charge in [0.1, 0.15) is 11.5 Å². The summed E-state index contributed by atoms with van der Waals surface area (Å²) in [5.74, 6) is 0.997. The first-order chi connectivity index (χ1) is 13.1. The molecule has 0 saturated heterocycles. The number of methoxy groups -OCH3 is 1. The number of hydrogen-bond donors (Lipinski definition) is 2. The molecular weight excluding hydrogens is 360 g/mol. The highest BCUT2D eigenvalue weighted by atomic mass is 32.1. The number of hydrogen-bond acceptors (Lipinski definition) is 4. The highest BCUT2D eigenvalue weighted by molar-refractivity contribution is 7.80. The molecule has 0 aliphatic carbocycles. The van der Waals surface area contributed by atoms with Gasteiger partial charge in [0, 0.05) is 5.69 Å². The van der Waals surface area contributed by atoms with Crippen LogP contribution in [0.3, 0.4) is 0 Å². The minimum Gasteiger partial charge on any atom is -0.496 e. The first-order valence-electron chi connectivity index (χ1n) is 9.12. The smallest absolute Gasteiger partial charge is 0.261 e. The number of carbonyl (C=O) groups is 1. The number of anilines is 1. The van der Waals surface area contributed by atoms with Gasteiger partial charge in [-0.15, -0.1) is 0 Å². The van der Waals surface area contributed by atoms with Gasteiger partial charge < -0.3 is 14.8 Å². The summed E-state index contributed by atoms with van der Waals surface area (Å²) < 4.78 is 10.9. The zero-order valence-electron chi connectivity index (χ0n) is 15.8. The average molecular weight is 387 g/mol. The van der Waals surface area contributed by atoms with Gasteiger partial charge in [0.2, 0.25) is 0 Å². The molecule has 0 heterocycles. The van der Waals surface area contributed by atoms with Crippen LogP contribution in [0.5, 0.6) is 11.5 Å². The quantitative estimate of drug-likeness (QED) is 0.480. The molecule has 2 N–H and O–H groups in total. The van der Waals surface area contributed by atoms with Crippen molar-refractivity contribution >= 4 is 28.9 Å². The normalized spacial score (nSPS) is 10.1. The maximum atomic E-state index is 12.3. The molecule has 0 fully saturated rings. The predicted octanol–water partition coefficient (Wildman–Crippen LogP) is 4.78. The van der Waals surface area contributed by atoms with Gasteiger partial charge >= 0.3 is 0 Å². The van der Waals surface area contributed by atoms with E-state index in [0.717, 1.165) is 24.5 Å². The van der Waals surface area contributed by atoms with Gasteiger partial charge in [-0.3, -0.25) is 10.1 Å². The monoisotopic (exact) mass is 386 g/mol. The summed E-state index contributed by atoms with van der Waals surface area (Å²) >= 11 is 5.22. The lowest BCUT2D eigenvalue weighted by molar-refractivity contribution is 0.0975. The van der Waals surface area contributed by atoms with Crippen molar-refractivity contribution in [2.75, 3.05) is 19.0 Å². The molecular formula is C21H26N2O3S. The van der Waals surface area contributed by atoms with E-state index in [1.165, 1.54) is 26.4 Å². The fraction of sp³-hybridized carbons (Fsp3) is 0.333. The van der Waals surface area contributed by atoms with Crippen molar-refractivity contribution in [3.63, 3.8) is 0 Å². The molecule has 1 amide bonds. The predicted molar refractivity (Wildman–Crippen MR) is 113 cm³/mol. The molecule has 2 aromatic rings. The van der Waals surface area contributed by atoms with Crippen LogP contribution in [0.15, 0.2) is 48.5 Å². The van der Waals surface area contributed by atoms with Crippen molar-refractivity contribution in [3.05, 3.63) is 54.1 Å². The minimum absolute atomic E-state index is 0.221. The minimum atomic E-state index is -0.322. The number of rotatable bonds is 9. The Bertz CT molecular complexity index is 747. The van der Waals surface area contributed by atoms with E-state index in [1.54, 1.807) is 24.3 Å². The Balaban J connectivity index is 1.82. The van der Waals surface area contributed by atoms with Crippen LogP contribution in [0.2, 0.25) is 0 Å². The van der Waals surface area contributed by atoms with Crippen LogP contribution in [0, 0.1) is 0 Å². The fourth-order valence-corrected chi connectivity index (χ4v) is 2.73. The Morgan fingerprint density at radius 1 is 1.04 bits per heavy atom. The number of thiocarbonyl (C=S) groups is 1. The maximum Gasteiger partial charge on any atom is 0.261 e. The largest absolute Gasteiger partial charge is 0.496 e. The second kappa shape index (κ2) is 11.2. The molecule has 0 radical (unpaired) electrons. The third-order valence-corrected chi connectivity index (χ3v) is 4.16. The molecule has 27 heavy (non-hydrogen) atoms. The van der Waals surface area contributed by atoms with E-state index in [9.17, 15) is 4.79 Å². The van der Waals surface area contributed by atoms with E-state index in [-0.39, 0.29) is 11.0 Å². The second-order valence-electron chi connectivity index (χ2n) is 6.04. The topological polar surface area (TPSA) is 59.6 Å². The SMILES string of the molecule is CCCCCCOc1ccc(NC(=S)NC(=O)c2ccccc2OC)cc1. The van der Waals surface area contributed by atoms with Crippen molar-refractivity contribution in [2.45, 2.75) is 32.6 Å². The number of benzene rings is 2. The molecule has 0 unspecified atom stereocenters. The zero-order chi connectivity index (χ0) is 19.5. The van der Waals surface area contributed by atoms with Gasteiger partial charge in [-0.1, -0.05) is 38.3 Å². The zero-order valence-corrected chi connectivity index (χ0v) is 16.6. The van der Waals surface area contributed by atoms with E-state index in [4.69, 9.17) is 21.7 Å². The molecule has 0 spiro atoms. The van der Waals surface area contributed by atoms with Gasteiger partial charge in [0.25, 0.3) is 5.91 Å². The summed E-state index contributed by atoms with van der Waals surface area (Å²) in [5.41, 5.74) is 1.20. The molecule has 5 nitrogen and oxygen atoms in total. The first-order valence-corrected chi connectivity index (χ1v) is 9.53. The van der Waals surface area contributed by atoms with Gasteiger partial charge in [-0.25, -0.2) is 0 Å². The molecule has 0 aliphatic heterocycles. The Kier molecular flexibility index (Phi) is 8.58. The number of ether oxygens (including phenoxy) is 2. The van der Waals surface area contributed by atoms with Crippen LogP contribution in [-0.4, -0.2) is 24.7 Å². The fourth-order valence-electron chi connectivity index (χ4n) is 2.52. The third kappa shape index (κ3) is 6.90. The highest BCUT2D eigenvalue weighted by Gasteiger charge is 2.12. The average Bonchev–Trinajstić information content (AvgIpc) is 2.69. The molecule has 2 aromatic carbocycles. The maximum absolute atomic E-state index is 12.3. The molecule has 144 valence electrons. The Morgan fingerprint density at radius 2 is 1.78 bits per heavy atom. The lowest BCUT2D eigenvalue weighted by Gasteiger charge is -2.12. The molecule has 0 aliphatic rings. The molecule has 0 atom stereocenters. The number of amides is 1. The summed E-state index contributed by atoms with van der Waals surface area (Å²) in [6, 6.07) is 14.5. The van der Waals surface area contributed by atoms with Gasteiger partial charge in [-0.05, 0) is 55.0 Å². The lowest BCUT2D eigenvalue weighted by Crippen LogP contribution is -2.34. The van der Waals surface area contributed by atoms with Crippen molar-refractivity contribution in [3.8, 4) is 11.5 Å². The Hall–Kier alpha value is -2.60.